The molecule has 0 saturated heterocycles. The predicted octanol–water partition coefficient (Wildman–Crippen LogP) is 5.82. The van der Waals surface area contributed by atoms with Gasteiger partial charge in [0.25, 0.3) is 5.91 Å². The molecule has 0 unspecified atom stereocenters. The molecule has 6 nitrogen and oxygen atoms in total. The Morgan fingerprint density at radius 3 is 1.93 bits per heavy atom. The first-order valence-corrected chi connectivity index (χ1v) is 11.1. The van der Waals surface area contributed by atoms with Crippen LogP contribution in [0.1, 0.15) is 107 Å². The Kier molecular flexibility index (Phi) is 18.4. The summed E-state index contributed by atoms with van der Waals surface area (Å²) in [5, 5.41) is 8.51. The summed E-state index contributed by atoms with van der Waals surface area (Å²) in [5.74, 6) is -2.26. The van der Waals surface area contributed by atoms with Gasteiger partial charge in [-0.05, 0) is 32.1 Å². The third-order valence-electron chi connectivity index (χ3n) is 4.51. The number of aliphatic carboxylic acids is 1. The first-order chi connectivity index (χ1) is 14.5. The van der Waals surface area contributed by atoms with Crippen LogP contribution in [-0.4, -0.2) is 27.0 Å². The van der Waals surface area contributed by atoms with Crippen LogP contribution in [0.25, 0.3) is 0 Å². The lowest BCUT2D eigenvalue weighted by Crippen LogP contribution is -2.13. The van der Waals surface area contributed by atoms with E-state index in [0.29, 0.717) is 6.42 Å². The molecule has 30 heavy (non-hydrogen) atoms. The van der Waals surface area contributed by atoms with Crippen molar-refractivity contribution in [2.24, 2.45) is 5.73 Å². The minimum absolute atomic E-state index is 0.167. The van der Waals surface area contributed by atoms with Gasteiger partial charge in [-0.1, -0.05) is 70.4 Å². The lowest BCUT2D eigenvalue weighted by molar-refractivity contribution is -0.137. The lowest BCUT2D eigenvalue weighted by Gasteiger charge is -1.99. The van der Waals surface area contributed by atoms with E-state index in [2.05, 4.69) is 29.0 Å². The number of nitrogens with zero attached hydrogens (tertiary/aromatic N) is 2. The second-order valence-electron chi connectivity index (χ2n) is 7.32. The number of allylic oxidation sites excluding steroid dienone is 2. The Balaban J connectivity index is 0.000000696. The van der Waals surface area contributed by atoms with Crippen LogP contribution >= 0.6 is 0 Å². The number of hydrogen-bond donors (Lipinski definition) is 2. The number of carbonyl (C=O) groups is 2. The van der Waals surface area contributed by atoms with E-state index in [1.807, 2.05) is 0 Å². The molecule has 0 bridgehead atoms. The summed E-state index contributed by atoms with van der Waals surface area (Å²) in [6.45, 7) is 2.26. The first kappa shape index (κ1) is 27.7. The molecular formula is C23H38FN3O3. The highest BCUT2D eigenvalue weighted by atomic mass is 19.1. The number of carbonyl (C=O) groups excluding carboxylic acids is 1. The van der Waals surface area contributed by atoms with Crippen molar-refractivity contribution in [3.8, 4) is 0 Å². The van der Waals surface area contributed by atoms with Gasteiger partial charge >= 0.3 is 5.97 Å². The first-order valence-electron chi connectivity index (χ1n) is 11.1. The van der Waals surface area contributed by atoms with E-state index in [4.69, 9.17) is 10.8 Å². The zero-order valence-corrected chi connectivity index (χ0v) is 18.3. The predicted molar refractivity (Wildman–Crippen MR) is 118 cm³/mol. The molecule has 3 N–H and O–H groups in total. The van der Waals surface area contributed by atoms with Gasteiger partial charge in [-0.15, -0.1) is 0 Å². The summed E-state index contributed by atoms with van der Waals surface area (Å²) < 4.78 is 12.1. The fourth-order valence-electron chi connectivity index (χ4n) is 2.81. The lowest BCUT2D eigenvalue weighted by atomic mass is 10.1. The monoisotopic (exact) mass is 423 g/mol. The van der Waals surface area contributed by atoms with Gasteiger partial charge in [-0.2, -0.15) is 4.39 Å². The molecule has 0 radical (unpaired) electrons. The minimum Gasteiger partial charge on any atom is -0.481 e. The summed E-state index contributed by atoms with van der Waals surface area (Å²) in [6.07, 6.45) is 23.2. The molecule has 0 aliphatic rings. The van der Waals surface area contributed by atoms with Crippen molar-refractivity contribution in [3.05, 3.63) is 36.2 Å². The number of nitrogens with two attached hydrogens (primary N) is 1. The second kappa shape index (κ2) is 20.0. The molecule has 1 rings (SSSR count). The number of primary amides is 1. The van der Waals surface area contributed by atoms with Crippen molar-refractivity contribution in [1.29, 1.82) is 0 Å². The highest BCUT2D eigenvalue weighted by molar-refractivity contribution is 5.90. The van der Waals surface area contributed by atoms with Crippen LogP contribution in [0.2, 0.25) is 0 Å². The average molecular weight is 424 g/mol. The number of rotatable bonds is 16. The molecule has 1 heterocycles. The van der Waals surface area contributed by atoms with E-state index >= 15 is 0 Å². The van der Waals surface area contributed by atoms with Gasteiger partial charge in [0.1, 0.15) is 5.69 Å². The topological polar surface area (TPSA) is 106 Å². The van der Waals surface area contributed by atoms with Gasteiger partial charge in [0.05, 0.1) is 12.4 Å². The van der Waals surface area contributed by atoms with Crippen molar-refractivity contribution in [2.75, 3.05) is 0 Å². The SMILES string of the molecule is CCCCCCCC/C=C\CCCCCCCC(=O)O.NC(=O)c1cncc(F)n1. The summed E-state index contributed by atoms with van der Waals surface area (Å²) in [6, 6.07) is 0. The summed E-state index contributed by atoms with van der Waals surface area (Å²) >= 11 is 0. The Bertz CT molecular complexity index is 609. The molecule has 0 atom stereocenters. The van der Waals surface area contributed by atoms with Gasteiger partial charge in [-0.3, -0.25) is 14.6 Å². The Morgan fingerprint density at radius 1 is 0.933 bits per heavy atom. The molecule has 0 aliphatic heterocycles. The number of amides is 1. The van der Waals surface area contributed by atoms with Crippen LogP contribution in [0, 0.1) is 5.95 Å². The number of aromatic nitrogens is 2. The maximum absolute atomic E-state index is 12.1. The van der Waals surface area contributed by atoms with Crippen molar-refractivity contribution >= 4 is 11.9 Å². The van der Waals surface area contributed by atoms with Gasteiger partial charge in [0, 0.05) is 6.42 Å². The highest BCUT2D eigenvalue weighted by Crippen LogP contribution is 2.09. The van der Waals surface area contributed by atoms with Crippen molar-refractivity contribution in [1.82, 2.24) is 9.97 Å². The van der Waals surface area contributed by atoms with E-state index in [0.717, 1.165) is 25.2 Å². The molecular weight excluding hydrogens is 385 g/mol. The average Bonchev–Trinajstić information content (AvgIpc) is 2.71. The van der Waals surface area contributed by atoms with E-state index in [1.54, 1.807) is 0 Å². The molecule has 0 aromatic carbocycles. The van der Waals surface area contributed by atoms with E-state index < -0.39 is 17.8 Å². The molecule has 0 saturated carbocycles. The third kappa shape index (κ3) is 19.0. The van der Waals surface area contributed by atoms with Crippen LogP contribution < -0.4 is 5.73 Å². The molecule has 1 amide bonds. The number of carboxylic acid groups (broad SMARTS) is 1. The number of halogens is 1. The number of unbranched alkanes of at least 4 members (excludes halogenated alkanes) is 11. The highest BCUT2D eigenvalue weighted by Gasteiger charge is 2.02. The van der Waals surface area contributed by atoms with Crippen LogP contribution in [0.15, 0.2) is 24.5 Å². The maximum Gasteiger partial charge on any atom is 0.303 e. The minimum atomic E-state index is -0.809. The zero-order chi connectivity index (χ0) is 22.5. The summed E-state index contributed by atoms with van der Waals surface area (Å²) in [7, 11) is 0. The van der Waals surface area contributed by atoms with Gasteiger partial charge in [0.15, 0.2) is 0 Å². The van der Waals surface area contributed by atoms with Gasteiger partial charge in [0.2, 0.25) is 5.95 Å². The summed E-state index contributed by atoms with van der Waals surface area (Å²) in [4.78, 5) is 27.2. The number of hydrogen-bond acceptors (Lipinski definition) is 4. The van der Waals surface area contributed by atoms with Crippen molar-refractivity contribution in [3.63, 3.8) is 0 Å². The standard InChI is InChI=1S/C18H34O2.C5H4FN3O/c1-2-3-4-5-6-7-8-9-10-11-12-13-14-15-16-17-18(19)20;6-4-2-8-1-3(9-4)5(7)10/h9-10H,2-8,11-17H2,1H3,(H,19,20);1-2H,(H2,7,10)/b10-9-;. The van der Waals surface area contributed by atoms with Crippen LogP contribution in [0.3, 0.4) is 0 Å². The zero-order valence-electron chi connectivity index (χ0n) is 18.3. The number of carboxylic acids is 1. The Labute approximate surface area is 180 Å². The smallest absolute Gasteiger partial charge is 0.303 e. The second-order valence-corrected chi connectivity index (χ2v) is 7.32. The molecule has 0 spiro atoms. The van der Waals surface area contributed by atoms with E-state index in [-0.39, 0.29) is 5.69 Å². The van der Waals surface area contributed by atoms with E-state index in [9.17, 15) is 14.0 Å². The Hall–Kier alpha value is -2.31. The molecule has 0 fully saturated rings. The van der Waals surface area contributed by atoms with E-state index in [1.165, 1.54) is 70.6 Å². The Morgan fingerprint density at radius 2 is 1.47 bits per heavy atom. The molecule has 1 aromatic heterocycles. The third-order valence-corrected chi connectivity index (χ3v) is 4.51. The van der Waals surface area contributed by atoms with Gasteiger partial charge < -0.3 is 10.8 Å². The molecule has 170 valence electrons. The summed E-state index contributed by atoms with van der Waals surface area (Å²) in [5.41, 5.74) is 4.61. The van der Waals surface area contributed by atoms with Crippen LogP contribution in [0.4, 0.5) is 4.39 Å². The quantitative estimate of drug-likeness (QED) is 0.257. The molecule has 0 aliphatic carbocycles. The van der Waals surface area contributed by atoms with Crippen molar-refractivity contribution in [2.45, 2.75) is 96.8 Å². The van der Waals surface area contributed by atoms with Crippen LogP contribution in [0.5, 0.6) is 0 Å². The largest absolute Gasteiger partial charge is 0.481 e. The molecule has 7 heteroatoms. The van der Waals surface area contributed by atoms with Crippen molar-refractivity contribution < 1.29 is 19.1 Å². The maximum atomic E-state index is 12.1. The fourth-order valence-corrected chi connectivity index (χ4v) is 2.81. The normalized spacial score (nSPS) is 10.6. The molecule has 1 aromatic rings. The van der Waals surface area contributed by atoms with Gasteiger partial charge in [-0.25, -0.2) is 4.98 Å². The fraction of sp³-hybridized carbons (Fsp3) is 0.652. The van der Waals surface area contributed by atoms with Crippen LogP contribution in [-0.2, 0) is 4.79 Å².